The molecule has 1 aromatic rings. The van der Waals surface area contributed by atoms with Gasteiger partial charge in [0, 0.05) is 32.2 Å². The van der Waals surface area contributed by atoms with Crippen LogP contribution in [0.4, 0.5) is 0 Å². The van der Waals surface area contributed by atoms with E-state index in [1.54, 1.807) is 12.1 Å². The molecule has 2 fully saturated rings. The lowest BCUT2D eigenvalue weighted by atomic mass is 10.0. The topological polar surface area (TPSA) is 69.7 Å². The number of carbonyl (C=O) groups is 1. The smallest absolute Gasteiger partial charge is 0.243 e. The van der Waals surface area contributed by atoms with Crippen molar-refractivity contribution in [1.82, 2.24) is 14.5 Å². The van der Waals surface area contributed by atoms with Crippen LogP contribution < -0.4 is 5.32 Å². The second-order valence-electron chi connectivity index (χ2n) is 8.33. The Morgan fingerprint density at radius 3 is 2.11 bits per heavy atom. The highest BCUT2D eigenvalue weighted by Crippen LogP contribution is 2.22. The number of piperazine rings is 1. The lowest BCUT2D eigenvalue weighted by Gasteiger charge is -2.37. The van der Waals surface area contributed by atoms with Crippen LogP contribution in [0.5, 0.6) is 0 Å². The second kappa shape index (κ2) is 8.93. The fourth-order valence-corrected chi connectivity index (χ4v) is 5.48. The molecular formula is C21H33N3O3S. The zero-order valence-electron chi connectivity index (χ0n) is 17.2. The van der Waals surface area contributed by atoms with Crippen molar-refractivity contribution in [3.63, 3.8) is 0 Å². The summed E-state index contributed by atoms with van der Waals surface area (Å²) >= 11 is 0. The van der Waals surface area contributed by atoms with E-state index in [1.807, 2.05) is 19.1 Å². The highest BCUT2D eigenvalue weighted by atomic mass is 32.2. The van der Waals surface area contributed by atoms with Crippen molar-refractivity contribution >= 4 is 15.9 Å². The molecule has 7 heteroatoms. The van der Waals surface area contributed by atoms with E-state index in [2.05, 4.69) is 24.1 Å². The van der Waals surface area contributed by atoms with Crippen LogP contribution in [0.25, 0.3) is 0 Å². The molecule has 1 N–H and O–H groups in total. The Balaban J connectivity index is 1.56. The number of amides is 1. The molecule has 1 saturated carbocycles. The van der Waals surface area contributed by atoms with Crippen LogP contribution in [0.2, 0.25) is 0 Å². The van der Waals surface area contributed by atoms with Gasteiger partial charge in [-0.1, -0.05) is 38.8 Å². The Morgan fingerprint density at radius 2 is 1.57 bits per heavy atom. The maximum atomic E-state index is 12.9. The minimum Gasteiger partial charge on any atom is -0.352 e. The van der Waals surface area contributed by atoms with Crippen molar-refractivity contribution in [1.29, 1.82) is 0 Å². The molecule has 0 bridgehead atoms. The molecule has 1 unspecified atom stereocenters. The van der Waals surface area contributed by atoms with Crippen molar-refractivity contribution < 1.29 is 13.2 Å². The first-order valence-corrected chi connectivity index (χ1v) is 11.9. The molecule has 1 aromatic carbocycles. The molecule has 1 saturated heterocycles. The molecule has 3 rings (SSSR count). The summed E-state index contributed by atoms with van der Waals surface area (Å²) in [6.45, 7) is 8.06. The molecular weight excluding hydrogens is 374 g/mol. The van der Waals surface area contributed by atoms with E-state index in [0.717, 1.165) is 18.4 Å². The molecule has 1 aliphatic heterocycles. The molecule has 28 heavy (non-hydrogen) atoms. The van der Waals surface area contributed by atoms with Gasteiger partial charge < -0.3 is 5.32 Å². The van der Waals surface area contributed by atoms with Crippen molar-refractivity contribution in [2.24, 2.45) is 0 Å². The predicted molar refractivity (Wildman–Crippen MR) is 111 cm³/mol. The number of benzene rings is 1. The summed E-state index contributed by atoms with van der Waals surface area (Å²) in [7, 11) is -3.49. The van der Waals surface area contributed by atoms with Crippen LogP contribution in [-0.2, 0) is 14.8 Å². The first-order chi connectivity index (χ1) is 13.3. The Kier molecular flexibility index (Phi) is 6.78. The monoisotopic (exact) mass is 407 g/mol. The van der Waals surface area contributed by atoms with Crippen LogP contribution in [-0.4, -0.2) is 61.8 Å². The molecule has 156 valence electrons. The van der Waals surface area contributed by atoms with Gasteiger partial charge >= 0.3 is 0 Å². The number of hydrogen-bond donors (Lipinski definition) is 1. The third-order valence-corrected chi connectivity index (χ3v) is 8.00. The minimum absolute atomic E-state index is 0.0625. The summed E-state index contributed by atoms with van der Waals surface area (Å²) in [6.07, 6.45) is 4.52. The fourth-order valence-electron chi connectivity index (χ4n) is 4.06. The van der Waals surface area contributed by atoms with Crippen LogP contribution in [0.15, 0.2) is 29.2 Å². The fraction of sp³-hybridized carbons (Fsp3) is 0.667. The van der Waals surface area contributed by atoms with E-state index in [9.17, 15) is 13.2 Å². The van der Waals surface area contributed by atoms with Crippen LogP contribution >= 0.6 is 0 Å². The van der Waals surface area contributed by atoms with E-state index in [-0.39, 0.29) is 11.9 Å². The Morgan fingerprint density at radius 1 is 1.00 bits per heavy atom. The first-order valence-electron chi connectivity index (χ1n) is 10.4. The third kappa shape index (κ3) is 4.75. The van der Waals surface area contributed by atoms with Gasteiger partial charge in [-0.15, -0.1) is 0 Å². The van der Waals surface area contributed by atoms with Gasteiger partial charge in [0.2, 0.25) is 15.9 Å². The van der Waals surface area contributed by atoms with Gasteiger partial charge in [-0.05, 0) is 43.4 Å². The highest BCUT2D eigenvalue weighted by molar-refractivity contribution is 7.89. The highest BCUT2D eigenvalue weighted by Gasteiger charge is 2.32. The average molecular weight is 408 g/mol. The quantitative estimate of drug-likeness (QED) is 0.787. The van der Waals surface area contributed by atoms with Gasteiger partial charge in [-0.2, -0.15) is 4.31 Å². The Labute approximate surface area is 169 Å². The Bertz CT molecular complexity index is 763. The largest absolute Gasteiger partial charge is 0.352 e. The molecule has 0 radical (unpaired) electrons. The van der Waals surface area contributed by atoms with E-state index in [1.165, 1.54) is 17.1 Å². The molecule has 1 amide bonds. The zero-order chi connectivity index (χ0) is 20.3. The standard InChI is InChI=1S/C21H33N3O3S/c1-16(2)18-8-10-20(11-9-18)28(26,27)24-14-12-23(13-15-24)17(3)21(25)22-19-6-4-5-7-19/h8-11,16-17,19H,4-7,12-15H2,1-3H3,(H,22,25). The molecule has 2 aliphatic rings. The molecule has 1 aliphatic carbocycles. The van der Waals surface area contributed by atoms with Crippen molar-refractivity contribution in [3.05, 3.63) is 29.8 Å². The number of nitrogens with zero attached hydrogens (tertiary/aromatic N) is 2. The SMILES string of the molecule is CC(C)c1ccc(S(=O)(=O)N2CCN(C(C)C(=O)NC3CCCC3)CC2)cc1. The molecule has 6 nitrogen and oxygen atoms in total. The minimum atomic E-state index is -3.49. The number of hydrogen-bond acceptors (Lipinski definition) is 4. The summed E-state index contributed by atoms with van der Waals surface area (Å²) < 4.78 is 27.4. The normalized spacial score (nSPS) is 21.1. The number of nitrogens with one attached hydrogen (secondary N) is 1. The van der Waals surface area contributed by atoms with Crippen LogP contribution in [0, 0.1) is 0 Å². The number of sulfonamides is 1. The third-order valence-electron chi connectivity index (χ3n) is 6.09. The molecule has 0 aromatic heterocycles. The van der Waals surface area contributed by atoms with E-state index in [4.69, 9.17) is 0 Å². The van der Waals surface area contributed by atoms with Crippen molar-refractivity contribution in [2.75, 3.05) is 26.2 Å². The summed E-state index contributed by atoms with van der Waals surface area (Å²) in [6, 6.07) is 7.27. The summed E-state index contributed by atoms with van der Waals surface area (Å²) in [5.41, 5.74) is 1.13. The van der Waals surface area contributed by atoms with Gasteiger partial charge in [-0.25, -0.2) is 8.42 Å². The summed E-state index contributed by atoms with van der Waals surface area (Å²) in [5.74, 6) is 0.435. The van der Waals surface area contributed by atoms with Gasteiger partial charge in [0.15, 0.2) is 0 Å². The van der Waals surface area contributed by atoms with E-state index in [0.29, 0.717) is 43.0 Å². The van der Waals surface area contributed by atoms with Crippen LogP contribution in [0.3, 0.4) is 0 Å². The maximum Gasteiger partial charge on any atom is 0.243 e. The molecule has 0 spiro atoms. The molecule has 1 atom stereocenters. The van der Waals surface area contributed by atoms with Gasteiger partial charge in [-0.3, -0.25) is 9.69 Å². The number of rotatable bonds is 6. The van der Waals surface area contributed by atoms with Gasteiger partial charge in [0.05, 0.1) is 10.9 Å². The second-order valence-corrected chi connectivity index (χ2v) is 10.3. The zero-order valence-corrected chi connectivity index (χ0v) is 18.0. The lowest BCUT2D eigenvalue weighted by Crippen LogP contribution is -2.55. The summed E-state index contributed by atoms with van der Waals surface area (Å²) in [5, 5.41) is 3.15. The lowest BCUT2D eigenvalue weighted by molar-refractivity contribution is -0.127. The summed E-state index contributed by atoms with van der Waals surface area (Å²) in [4.78, 5) is 14.9. The van der Waals surface area contributed by atoms with Gasteiger partial charge in [0.1, 0.15) is 0 Å². The average Bonchev–Trinajstić information content (AvgIpc) is 3.20. The van der Waals surface area contributed by atoms with Crippen LogP contribution in [0.1, 0.15) is 57.9 Å². The molecule has 1 heterocycles. The number of carbonyl (C=O) groups excluding carboxylic acids is 1. The van der Waals surface area contributed by atoms with Crippen molar-refractivity contribution in [2.45, 2.75) is 69.4 Å². The van der Waals surface area contributed by atoms with E-state index < -0.39 is 10.0 Å². The predicted octanol–water partition coefficient (Wildman–Crippen LogP) is 2.56. The first kappa shape index (κ1) is 21.3. The van der Waals surface area contributed by atoms with Crippen molar-refractivity contribution in [3.8, 4) is 0 Å². The maximum absolute atomic E-state index is 12.9. The van der Waals surface area contributed by atoms with E-state index >= 15 is 0 Å². The van der Waals surface area contributed by atoms with Gasteiger partial charge in [0.25, 0.3) is 0 Å². The Hall–Kier alpha value is -1.44.